The number of anilines is 1. The summed E-state index contributed by atoms with van der Waals surface area (Å²) in [4.78, 5) is 23.4. The lowest BCUT2D eigenvalue weighted by molar-refractivity contribution is -0.137. The third kappa shape index (κ3) is 5.55. The van der Waals surface area contributed by atoms with Gasteiger partial charge in [0.05, 0.1) is 17.1 Å². The second kappa shape index (κ2) is 8.60. The van der Waals surface area contributed by atoms with Gasteiger partial charge in [-0.25, -0.2) is 0 Å². The average molecular weight is 377 g/mol. The molecule has 0 unspecified atom stereocenters. The molecule has 0 atom stereocenters. The molecule has 0 aromatic heterocycles. The Hall–Kier alpha value is -2.44. The van der Waals surface area contributed by atoms with Crippen LogP contribution in [0, 0.1) is 0 Å². The van der Waals surface area contributed by atoms with E-state index in [9.17, 15) is 9.59 Å². The molecule has 0 radical (unpaired) electrons. The minimum Gasteiger partial charge on any atom is -0.480 e. The van der Waals surface area contributed by atoms with Crippen LogP contribution in [0.1, 0.15) is 6.42 Å². The predicted octanol–water partition coefficient (Wildman–Crippen LogP) is 3.79. The number of carbonyl (C=O) groups is 2. The van der Waals surface area contributed by atoms with E-state index in [2.05, 4.69) is 11.9 Å². The van der Waals surface area contributed by atoms with Crippen molar-refractivity contribution in [3.63, 3.8) is 0 Å². The lowest BCUT2D eigenvalue weighted by atomic mass is 10.1. The summed E-state index contributed by atoms with van der Waals surface area (Å²) >= 11 is 7.47. The molecule has 2 aromatic carbocycles. The molecule has 0 saturated heterocycles. The van der Waals surface area contributed by atoms with Crippen molar-refractivity contribution in [2.24, 2.45) is 0 Å². The standard InChI is InChI=1S/C18H17ClN2O3S/c1-11(7-16(22)21-10-17(23)24)25-15-9-13(8-14(19)18(15)20)12-5-3-2-4-6-12/h2-6,8-9H,1,7,10,20H2,(H,21,22)(H,23,24). The van der Waals surface area contributed by atoms with Crippen LogP contribution in [0.4, 0.5) is 5.69 Å². The Morgan fingerprint density at radius 2 is 1.88 bits per heavy atom. The predicted molar refractivity (Wildman–Crippen MR) is 102 cm³/mol. The highest BCUT2D eigenvalue weighted by molar-refractivity contribution is 8.03. The number of carboxylic acids is 1. The number of carbonyl (C=O) groups excluding carboxylic acids is 1. The van der Waals surface area contributed by atoms with Crippen molar-refractivity contribution in [3.05, 3.63) is 59.0 Å². The van der Waals surface area contributed by atoms with Crippen molar-refractivity contribution >= 4 is 40.9 Å². The largest absolute Gasteiger partial charge is 0.480 e. The van der Waals surface area contributed by atoms with Gasteiger partial charge in [-0.15, -0.1) is 0 Å². The number of hydrogen-bond acceptors (Lipinski definition) is 4. The Morgan fingerprint density at radius 1 is 1.20 bits per heavy atom. The average Bonchev–Trinajstić information content (AvgIpc) is 2.57. The SMILES string of the molecule is C=C(CC(=O)NCC(=O)O)Sc1cc(-c2ccccc2)cc(Cl)c1N. The number of nitrogen functional groups attached to an aromatic ring is 1. The number of amides is 1. The molecular formula is C18H17ClN2O3S. The van der Waals surface area contributed by atoms with E-state index < -0.39 is 18.4 Å². The normalized spacial score (nSPS) is 10.3. The summed E-state index contributed by atoms with van der Waals surface area (Å²) < 4.78 is 0. The minimum atomic E-state index is -1.10. The van der Waals surface area contributed by atoms with Crippen LogP contribution < -0.4 is 11.1 Å². The summed E-state index contributed by atoms with van der Waals surface area (Å²) in [6.07, 6.45) is -0.00935. The molecule has 5 nitrogen and oxygen atoms in total. The van der Waals surface area contributed by atoms with Crippen LogP contribution in [0.2, 0.25) is 5.02 Å². The van der Waals surface area contributed by atoms with Gasteiger partial charge < -0.3 is 16.2 Å². The summed E-state index contributed by atoms with van der Waals surface area (Å²) in [6, 6.07) is 13.4. The summed E-state index contributed by atoms with van der Waals surface area (Å²) in [7, 11) is 0. The second-order valence-corrected chi connectivity index (χ2v) is 6.85. The van der Waals surface area contributed by atoms with Gasteiger partial charge in [0.25, 0.3) is 0 Å². The van der Waals surface area contributed by atoms with E-state index in [1.165, 1.54) is 11.8 Å². The first-order valence-electron chi connectivity index (χ1n) is 7.35. The van der Waals surface area contributed by atoms with Crippen molar-refractivity contribution in [1.82, 2.24) is 5.32 Å². The monoisotopic (exact) mass is 376 g/mol. The van der Waals surface area contributed by atoms with Crippen LogP contribution in [-0.4, -0.2) is 23.5 Å². The smallest absolute Gasteiger partial charge is 0.322 e. The van der Waals surface area contributed by atoms with Crippen LogP contribution in [-0.2, 0) is 9.59 Å². The lowest BCUT2D eigenvalue weighted by Gasteiger charge is -2.12. The molecule has 0 aliphatic heterocycles. The maximum atomic E-state index is 11.7. The van der Waals surface area contributed by atoms with E-state index in [0.29, 0.717) is 20.5 Å². The number of aliphatic carboxylic acids is 1. The molecule has 4 N–H and O–H groups in total. The highest BCUT2D eigenvalue weighted by Crippen LogP contribution is 2.39. The Labute approximate surface area is 154 Å². The van der Waals surface area contributed by atoms with E-state index in [1.54, 1.807) is 6.07 Å². The number of rotatable bonds is 7. The number of thioether (sulfide) groups is 1. The first-order valence-corrected chi connectivity index (χ1v) is 8.55. The van der Waals surface area contributed by atoms with Crippen molar-refractivity contribution in [2.75, 3.05) is 12.3 Å². The zero-order chi connectivity index (χ0) is 18.4. The topological polar surface area (TPSA) is 92.4 Å². The summed E-state index contributed by atoms with van der Waals surface area (Å²) in [5.41, 5.74) is 8.35. The van der Waals surface area contributed by atoms with E-state index in [4.69, 9.17) is 22.4 Å². The van der Waals surface area contributed by atoms with Gasteiger partial charge in [-0.2, -0.15) is 0 Å². The molecule has 7 heteroatoms. The van der Waals surface area contributed by atoms with Gasteiger partial charge in [0, 0.05) is 4.90 Å². The Bertz CT molecular complexity index is 809. The fraction of sp³-hybridized carbons (Fsp3) is 0.111. The van der Waals surface area contributed by atoms with Gasteiger partial charge >= 0.3 is 5.97 Å². The van der Waals surface area contributed by atoms with Gasteiger partial charge in [-0.05, 0) is 28.2 Å². The maximum Gasteiger partial charge on any atom is 0.322 e. The molecule has 0 saturated carbocycles. The quantitative estimate of drug-likeness (QED) is 0.505. The number of halogens is 1. The van der Waals surface area contributed by atoms with Crippen LogP contribution in [0.15, 0.2) is 58.8 Å². The van der Waals surface area contributed by atoms with Gasteiger partial charge in [-0.1, -0.05) is 60.3 Å². The first kappa shape index (κ1) is 18.9. The van der Waals surface area contributed by atoms with E-state index in [0.717, 1.165) is 11.1 Å². The fourth-order valence-corrected chi connectivity index (χ4v) is 3.28. The van der Waals surface area contributed by atoms with Crippen molar-refractivity contribution in [3.8, 4) is 11.1 Å². The second-order valence-electron chi connectivity index (χ2n) is 5.22. The molecule has 2 aromatic rings. The Morgan fingerprint density at radius 3 is 2.52 bits per heavy atom. The van der Waals surface area contributed by atoms with Gasteiger partial charge in [0.2, 0.25) is 5.91 Å². The lowest BCUT2D eigenvalue weighted by Crippen LogP contribution is -2.29. The highest BCUT2D eigenvalue weighted by atomic mass is 35.5. The van der Waals surface area contributed by atoms with Crippen LogP contribution in [0.5, 0.6) is 0 Å². The van der Waals surface area contributed by atoms with E-state index in [-0.39, 0.29) is 6.42 Å². The Kier molecular flexibility index (Phi) is 6.50. The van der Waals surface area contributed by atoms with Crippen LogP contribution >= 0.6 is 23.4 Å². The molecule has 0 bridgehead atoms. The minimum absolute atomic E-state index is 0.00935. The fourth-order valence-electron chi connectivity index (χ4n) is 2.08. The molecule has 0 fully saturated rings. The van der Waals surface area contributed by atoms with E-state index >= 15 is 0 Å². The molecule has 25 heavy (non-hydrogen) atoms. The van der Waals surface area contributed by atoms with Crippen LogP contribution in [0.3, 0.4) is 0 Å². The third-order valence-corrected chi connectivity index (χ3v) is 4.55. The summed E-state index contributed by atoms with van der Waals surface area (Å²) in [5, 5.41) is 11.3. The number of nitrogens with one attached hydrogen (secondary N) is 1. The molecule has 0 heterocycles. The number of nitrogens with two attached hydrogens (primary N) is 1. The van der Waals surface area contributed by atoms with Crippen molar-refractivity contribution < 1.29 is 14.7 Å². The first-order chi connectivity index (χ1) is 11.9. The molecule has 0 spiro atoms. The number of hydrogen-bond donors (Lipinski definition) is 3. The summed E-state index contributed by atoms with van der Waals surface area (Å²) in [5.74, 6) is -1.51. The molecule has 130 valence electrons. The molecule has 2 rings (SSSR count). The maximum absolute atomic E-state index is 11.7. The van der Waals surface area contributed by atoms with Gasteiger partial charge in [-0.3, -0.25) is 9.59 Å². The third-order valence-electron chi connectivity index (χ3n) is 3.25. The molecule has 0 aliphatic rings. The van der Waals surface area contributed by atoms with Crippen molar-refractivity contribution in [1.29, 1.82) is 0 Å². The number of carboxylic acid groups (broad SMARTS) is 1. The highest BCUT2D eigenvalue weighted by Gasteiger charge is 2.12. The Balaban J connectivity index is 2.13. The number of benzene rings is 2. The zero-order valence-electron chi connectivity index (χ0n) is 13.3. The molecular weight excluding hydrogens is 360 g/mol. The van der Waals surface area contributed by atoms with E-state index in [1.807, 2.05) is 36.4 Å². The van der Waals surface area contributed by atoms with Gasteiger partial charge in [0.1, 0.15) is 6.54 Å². The van der Waals surface area contributed by atoms with Crippen molar-refractivity contribution in [2.45, 2.75) is 11.3 Å². The molecule has 1 amide bonds. The zero-order valence-corrected chi connectivity index (χ0v) is 14.9. The molecule has 0 aliphatic carbocycles. The summed E-state index contributed by atoms with van der Waals surface area (Å²) in [6.45, 7) is 3.42. The van der Waals surface area contributed by atoms with Gasteiger partial charge in [0.15, 0.2) is 0 Å². The van der Waals surface area contributed by atoms with Crippen LogP contribution in [0.25, 0.3) is 11.1 Å².